The van der Waals surface area contributed by atoms with Gasteiger partial charge in [0.05, 0.1) is 6.21 Å². The van der Waals surface area contributed by atoms with Crippen LogP contribution >= 0.6 is 15.9 Å². The Balaban J connectivity index is 1.99. The lowest BCUT2D eigenvalue weighted by Gasteiger charge is -2.10. The molecule has 2 aromatic rings. The van der Waals surface area contributed by atoms with Crippen molar-refractivity contribution >= 4 is 39.8 Å². The number of hydrogen-bond donors (Lipinski definition) is 3. The van der Waals surface area contributed by atoms with Gasteiger partial charge in [-0.2, -0.15) is 5.10 Å². The fraction of sp³-hybridized carbons (Fsp3) is 0.0625. The first-order valence-electron chi connectivity index (χ1n) is 6.90. The van der Waals surface area contributed by atoms with Crippen LogP contribution < -0.4 is 21.2 Å². The maximum Gasteiger partial charge on any atom is 0.332 e. The molecule has 0 aliphatic carbocycles. The maximum atomic E-state index is 11.9. The SMILES string of the molecule is NC(=O)NN=Cc1cc(Br)ccc1OCC(=O)Nc1ccccc1. The highest BCUT2D eigenvalue weighted by molar-refractivity contribution is 9.10. The number of anilines is 1. The maximum absolute atomic E-state index is 11.9. The number of ether oxygens (including phenoxy) is 1. The average molecular weight is 391 g/mol. The predicted octanol–water partition coefficient (Wildman–Crippen LogP) is 2.47. The molecule has 4 N–H and O–H groups in total. The molecule has 3 amide bonds. The van der Waals surface area contributed by atoms with Gasteiger partial charge < -0.3 is 15.8 Å². The first-order chi connectivity index (χ1) is 11.5. The van der Waals surface area contributed by atoms with Crippen LogP contribution in [0.25, 0.3) is 0 Å². The number of amides is 3. The Morgan fingerprint density at radius 1 is 1.21 bits per heavy atom. The lowest BCUT2D eigenvalue weighted by atomic mass is 10.2. The molecule has 0 spiro atoms. The number of rotatable bonds is 6. The van der Waals surface area contributed by atoms with E-state index in [-0.39, 0.29) is 12.5 Å². The third kappa shape index (κ3) is 5.73. The van der Waals surface area contributed by atoms with Gasteiger partial charge in [0.2, 0.25) is 0 Å². The number of hydrogen-bond acceptors (Lipinski definition) is 4. The highest BCUT2D eigenvalue weighted by Crippen LogP contribution is 2.21. The Morgan fingerprint density at radius 2 is 1.96 bits per heavy atom. The van der Waals surface area contributed by atoms with Gasteiger partial charge in [-0.3, -0.25) is 4.79 Å². The molecule has 124 valence electrons. The Morgan fingerprint density at radius 3 is 2.67 bits per heavy atom. The summed E-state index contributed by atoms with van der Waals surface area (Å²) in [5, 5.41) is 6.41. The Bertz CT molecular complexity index is 750. The highest BCUT2D eigenvalue weighted by Gasteiger charge is 2.07. The minimum Gasteiger partial charge on any atom is -0.483 e. The molecule has 0 aliphatic heterocycles. The van der Waals surface area contributed by atoms with E-state index in [2.05, 4.69) is 31.8 Å². The number of para-hydroxylation sites is 1. The Labute approximate surface area is 147 Å². The molecule has 0 saturated carbocycles. The molecule has 2 aromatic carbocycles. The second-order valence-corrected chi connectivity index (χ2v) is 5.53. The summed E-state index contributed by atoms with van der Waals surface area (Å²) in [4.78, 5) is 22.5. The van der Waals surface area contributed by atoms with Crippen molar-refractivity contribution in [3.8, 4) is 5.75 Å². The first-order valence-corrected chi connectivity index (χ1v) is 7.69. The summed E-state index contributed by atoms with van der Waals surface area (Å²) in [6, 6.07) is 13.5. The van der Waals surface area contributed by atoms with Crippen LogP contribution in [0.4, 0.5) is 10.5 Å². The zero-order valence-electron chi connectivity index (χ0n) is 12.5. The van der Waals surface area contributed by atoms with Gasteiger partial charge in [-0.1, -0.05) is 34.1 Å². The van der Waals surface area contributed by atoms with Gasteiger partial charge in [0.25, 0.3) is 5.91 Å². The normalized spacial score (nSPS) is 10.4. The lowest BCUT2D eigenvalue weighted by molar-refractivity contribution is -0.118. The third-order valence-corrected chi connectivity index (χ3v) is 3.26. The Hall–Kier alpha value is -2.87. The monoisotopic (exact) mass is 390 g/mol. The van der Waals surface area contributed by atoms with Crippen molar-refractivity contribution < 1.29 is 14.3 Å². The van der Waals surface area contributed by atoms with Crippen molar-refractivity contribution in [1.29, 1.82) is 0 Å². The zero-order valence-corrected chi connectivity index (χ0v) is 14.1. The number of benzene rings is 2. The van der Waals surface area contributed by atoms with Crippen LogP contribution in [0.5, 0.6) is 5.75 Å². The lowest BCUT2D eigenvalue weighted by Crippen LogP contribution is -2.24. The number of halogens is 1. The number of nitrogens with two attached hydrogens (primary N) is 1. The fourth-order valence-electron chi connectivity index (χ4n) is 1.78. The van der Waals surface area contributed by atoms with E-state index in [0.29, 0.717) is 17.0 Å². The van der Waals surface area contributed by atoms with Gasteiger partial charge in [-0.05, 0) is 30.3 Å². The Kier molecular flexibility index (Phi) is 6.32. The molecule has 0 unspecified atom stereocenters. The van der Waals surface area contributed by atoms with Crippen molar-refractivity contribution in [2.45, 2.75) is 0 Å². The van der Waals surface area contributed by atoms with Gasteiger partial charge in [-0.25, -0.2) is 10.2 Å². The summed E-state index contributed by atoms with van der Waals surface area (Å²) in [6.07, 6.45) is 1.37. The molecule has 0 radical (unpaired) electrons. The minimum atomic E-state index is -0.772. The van der Waals surface area contributed by atoms with Crippen LogP contribution in [-0.2, 0) is 4.79 Å². The molecular formula is C16H15BrN4O3. The summed E-state index contributed by atoms with van der Waals surface area (Å²) >= 11 is 3.33. The number of primary amides is 1. The molecule has 0 fully saturated rings. The number of carbonyl (C=O) groups is 2. The van der Waals surface area contributed by atoms with Gasteiger partial charge in [0, 0.05) is 15.7 Å². The zero-order chi connectivity index (χ0) is 17.4. The summed E-state index contributed by atoms with van der Waals surface area (Å²) in [5.41, 5.74) is 8.30. The first kappa shape index (κ1) is 17.5. The van der Waals surface area contributed by atoms with Crippen molar-refractivity contribution in [2.24, 2.45) is 10.8 Å². The second kappa shape index (κ2) is 8.68. The van der Waals surface area contributed by atoms with Crippen LogP contribution in [0.3, 0.4) is 0 Å². The van der Waals surface area contributed by atoms with Crippen LogP contribution in [0.2, 0.25) is 0 Å². The fourth-order valence-corrected chi connectivity index (χ4v) is 2.16. The highest BCUT2D eigenvalue weighted by atomic mass is 79.9. The largest absolute Gasteiger partial charge is 0.483 e. The molecule has 8 heteroatoms. The molecule has 0 bridgehead atoms. The van der Waals surface area contributed by atoms with Crippen molar-refractivity contribution in [1.82, 2.24) is 5.43 Å². The summed E-state index contributed by atoms with van der Waals surface area (Å²) in [6.45, 7) is -0.166. The van der Waals surface area contributed by atoms with E-state index in [1.165, 1.54) is 6.21 Å². The third-order valence-electron chi connectivity index (χ3n) is 2.77. The van der Waals surface area contributed by atoms with Crippen LogP contribution in [0.1, 0.15) is 5.56 Å². The molecular weight excluding hydrogens is 376 g/mol. The van der Waals surface area contributed by atoms with Crippen LogP contribution in [0, 0.1) is 0 Å². The van der Waals surface area contributed by atoms with E-state index < -0.39 is 6.03 Å². The molecule has 24 heavy (non-hydrogen) atoms. The number of hydrazone groups is 1. The van der Waals surface area contributed by atoms with E-state index in [4.69, 9.17) is 10.5 Å². The average Bonchev–Trinajstić information content (AvgIpc) is 2.54. The standard InChI is InChI=1S/C16H15BrN4O3/c17-12-6-7-14(11(8-12)9-19-21-16(18)23)24-10-15(22)20-13-4-2-1-3-5-13/h1-9H,10H2,(H,20,22)(H3,18,21,23). The van der Waals surface area contributed by atoms with Gasteiger partial charge in [0.15, 0.2) is 6.61 Å². The molecule has 0 aliphatic rings. The van der Waals surface area contributed by atoms with E-state index in [1.54, 1.807) is 30.3 Å². The summed E-state index contributed by atoms with van der Waals surface area (Å²) in [5.74, 6) is 0.152. The van der Waals surface area contributed by atoms with E-state index in [0.717, 1.165) is 4.47 Å². The van der Waals surface area contributed by atoms with E-state index in [1.807, 2.05) is 18.2 Å². The topological polar surface area (TPSA) is 106 Å². The summed E-state index contributed by atoms with van der Waals surface area (Å²) < 4.78 is 6.31. The smallest absolute Gasteiger partial charge is 0.332 e. The van der Waals surface area contributed by atoms with Crippen molar-refractivity contribution in [2.75, 3.05) is 11.9 Å². The van der Waals surface area contributed by atoms with Crippen LogP contribution in [-0.4, -0.2) is 24.8 Å². The number of nitrogens with one attached hydrogen (secondary N) is 2. The summed E-state index contributed by atoms with van der Waals surface area (Å²) in [7, 11) is 0. The second-order valence-electron chi connectivity index (χ2n) is 4.62. The number of urea groups is 1. The molecule has 0 atom stereocenters. The van der Waals surface area contributed by atoms with Gasteiger partial charge in [-0.15, -0.1) is 0 Å². The van der Waals surface area contributed by atoms with E-state index >= 15 is 0 Å². The number of carbonyl (C=O) groups excluding carboxylic acids is 2. The molecule has 7 nitrogen and oxygen atoms in total. The molecule has 0 saturated heterocycles. The minimum absolute atomic E-state index is 0.166. The number of nitrogens with zero attached hydrogens (tertiary/aromatic N) is 1. The predicted molar refractivity (Wildman–Crippen MR) is 95.0 cm³/mol. The van der Waals surface area contributed by atoms with Crippen molar-refractivity contribution in [3.05, 3.63) is 58.6 Å². The molecule has 0 heterocycles. The quantitative estimate of drug-likeness (QED) is 0.520. The molecule has 2 rings (SSSR count). The van der Waals surface area contributed by atoms with Gasteiger partial charge in [0.1, 0.15) is 5.75 Å². The van der Waals surface area contributed by atoms with E-state index in [9.17, 15) is 9.59 Å². The van der Waals surface area contributed by atoms with Crippen molar-refractivity contribution in [3.63, 3.8) is 0 Å². The van der Waals surface area contributed by atoms with Crippen LogP contribution in [0.15, 0.2) is 58.1 Å². The molecule has 0 aromatic heterocycles. The van der Waals surface area contributed by atoms with Gasteiger partial charge >= 0.3 is 6.03 Å².